The fraction of sp³-hybridized carbons (Fsp3) is 0.0769. The van der Waals surface area contributed by atoms with Crippen LogP contribution in [0.1, 0.15) is 5.56 Å². The Morgan fingerprint density at radius 2 is 1.70 bits per heavy atom. The lowest BCUT2D eigenvalue weighted by Gasteiger charge is -2.10. The van der Waals surface area contributed by atoms with Gasteiger partial charge in [-0.15, -0.1) is 0 Å². The van der Waals surface area contributed by atoms with Crippen molar-refractivity contribution in [2.24, 2.45) is 0 Å². The zero-order valence-electron chi connectivity index (χ0n) is 9.98. The Bertz CT molecular complexity index is 680. The largest absolute Gasteiger partial charge is 0.416 e. The molecule has 1 N–H and O–H groups in total. The molecule has 0 aliphatic heterocycles. The van der Waals surface area contributed by atoms with Crippen molar-refractivity contribution in [2.45, 2.75) is 11.1 Å². The molecule has 0 aliphatic rings. The molecule has 0 spiro atoms. The lowest BCUT2D eigenvalue weighted by atomic mass is 10.2. The highest BCUT2D eigenvalue weighted by Gasteiger charge is 2.30. The molecule has 0 aromatic heterocycles. The van der Waals surface area contributed by atoms with Crippen molar-refractivity contribution in [3.63, 3.8) is 0 Å². The summed E-state index contributed by atoms with van der Waals surface area (Å²) in [6.07, 6.45) is -4.50. The van der Waals surface area contributed by atoms with Gasteiger partial charge in [-0.2, -0.15) is 13.2 Å². The van der Waals surface area contributed by atoms with E-state index >= 15 is 0 Å². The molecule has 3 nitrogen and oxygen atoms in total. The average molecular weight is 300 g/mol. The van der Waals surface area contributed by atoms with Crippen molar-refractivity contribution >= 4 is 15.7 Å². The smallest absolute Gasteiger partial charge is 0.280 e. The fourth-order valence-electron chi connectivity index (χ4n) is 1.49. The molecule has 0 amide bonds. The van der Waals surface area contributed by atoms with Crippen molar-refractivity contribution in [1.29, 1.82) is 0 Å². The molecular formula is C13H9F3NO2S. The standard InChI is InChI=1S/C13H9F3NO2S/c14-13(15,16)10-6-8-12(9-7-10)20(18,19)17-11-4-2-1-3-5-11/h1-2,4-9,17H. The van der Waals surface area contributed by atoms with Crippen LogP contribution in [-0.4, -0.2) is 8.42 Å². The van der Waals surface area contributed by atoms with Crippen molar-refractivity contribution in [1.82, 2.24) is 0 Å². The Hall–Kier alpha value is -2.02. The number of sulfonamides is 1. The van der Waals surface area contributed by atoms with Crippen LogP contribution in [0.5, 0.6) is 0 Å². The molecule has 0 unspecified atom stereocenters. The van der Waals surface area contributed by atoms with Crippen LogP contribution in [0.25, 0.3) is 0 Å². The number of halogens is 3. The maximum Gasteiger partial charge on any atom is 0.416 e. The second-order valence-electron chi connectivity index (χ2n) is 3.92. The monoisotopic (exact) mass is 300 g/mol. The lowest BCUT2D eigenvalue weighted by Crippen LogP contribution is -2.13. The van der Waals surface area contributed by atoms with Crippen LogP contribution in [0.15, 0.2) is 53.4 Å². The minimum atomic E-state index is -4.50. The molecule has 7 heteroatoms. The molecule has 0 aliphatic carbocycles. The van der Waals surface area contributed by atoms with Gasteiger partial charge in [-0.05, 0) is 42.5 Å². The highest BCUT2D eigenvalue weighted by Crippen LogP contribution is 2.29. The van der Waals surface area contributed by atoms with E-state index in [2.05, 4.69) is 10.8 Å². The van der Waals surface area contributed by atoms with E-state index in [-0.39, 0.29) is 10.6 Å². The third kappa shape index (κ3) is 3.30. The lowest BCUT2D eigenvalue weighted by molar-refractivity contribution is -0.137. The summed E-state index contributed by atoms with van der Waals surface area (Å²) < 4.78 is 63.3. The van der Waals surface area contributed by atoms with Crippen molar-refractivity contribution < 1.29 is 21.6 Å². The van der Waals surface area contributed by atoms with Crippen LogP contribution in [-0.2, 0) is 16.2 Å². The van der Waals surface area contributed by atoms with Crippen LogP contribution in [0.3, 0.4) is 0 Å². The summed E-state index contributed by atoms with van der Waals surface area (Å²) in [5.41, 5.74) is -0.614. The van der Waals surface area contributed by atoms with E-state index in [1.54, 1.807) is 12.1 Å². The van der Waals surface area contributed by atoms with Gasteiger partial charge in [0.15, 0.2) is 0 Å². The first-order valence-corrected chi connectivity index (χ1v) is 6.93. The summed E-state index contributed by atoms with van der Waals surface area (Å²) in [4.78, 5) is -0.241. The summed E-state index contributed by atoms with van der Waals surface area (Å²) in [5.74, 6) is 0. The van der Waals surface area contributed by atoms with Gasteiger partial charge >= 0.3 is 6.18 Å². The molecule has 20 heavy (non-hydrogen) atoms. The van der Waals surface area contributed by atoms with Crippen LogP contribution in [0.2, 0.25) is 0 Å². The normalized spacial score (nSPS) is 12.2. The Balaban J connectivity index is 2.27. The molecule has 0 fully saturated rings. The van der Waals surface area contributed by atoms with Crippen LogP contribution < -0.4 is 4.72 Å². The number of hydrogen-bond donors (Lipinski definition) is 1. The van der Waals surface area contributed by atoms with Crippen LogP contribution >= 0.6 is 0 Å². The maximum absolute atomic E-state index is 12.4. The van der Waals surface area contributed by atoms with Crippen molar-refractivity contribution in [2.75, 3.05) is 4.72 Å². The zero-order valence-corrected chi connectivity index (χ0v) is 10.8. The maximum atomic E-state index is 12.4. The molecule has 0 bridgehead atoms. The quantitative estimate of drug-likeness (QED) is 0.945. The predicted octanol–water partition coefficient (Wildman–Crippen LogP) is 3.31. The van der Waals surface area contributed by atoms with Gasteiger partial charge in [0, 0.05) is 5.69 Å². The van der Waals surface area contributed by atoms with Crippen molar-refractivity contribution in [3.8, 4) is 0 Å². The molecular weight excluding hydrogens is 291 g/mol. The summed E-state index contributed by atoms with van der Waals surface area (Å²) in [6, 6.07) is 12.1. The van der Waals surface area contributed by atoms with Gasteiger partial charge in [0.05, 0.1) is 10.5 Å². The molecule has 1 radical (unpaired) electrons. The molecule has 2 rings (SSSR count). The number of hydrogen-bond acceptors (Lipinski definition) is 2. The van der Waals surface area contributed by atoms with E-state index in [1.807, 2.05) is 0 Å². The minimum absolute atomic E-state index is 0.241. The molecule has 105 valence electrons. The Kier molecular flexibility index (Phi) is 3.71. The third-order valence-electron chi connectivity index (χ3n) is 2.45. The van der Waals surface area contributed by atoms with E-state index in [9.17, 15) is 21.6 Å². The van der Waals surface area contributed by atoms with E-state index in [0.29, 0.717) is 0 Å². The second-order valence-corrected chi connectivity index (χ2v) is 5.60. The van der Waals surface area contributed by atoms with Gasteiger partial charge in [-0.3, -0.25) is 4.72 Å². The highest BCUT2D eigenvalue weighted by atomic mass is 32.2. The number of alkyl halides is 3. The molecule has 2 aromatic rings. The Morgan fingerprint density at radius 3 is 2.20 bits per heavy atom. The van der Waals surface area contributed by atoms with Crippen LogP contribution in [0, 0.1) is 6.07 Å². The van der Waals surface area contributed by atoms with Crippen molar-refractivity contribution in [3.05, 3.63) is 60.2 Å². The SMILES string of the molecule is O=S(=O)(Nc1c[c]ccc1)c1ccc(C(F)(F)F)cc1. The van der Waals surface area contributed by atoms with Crippen LogP contribution in [0.4, 0.5) is 18.9 Å². The first-order valence-electron chi connectivity index (χ1n) is 5.45. The van der Waals surface area contributed by atoms with E-state index < -0.39 is 21.8 Å². The van der Waals surface area contributed by atoms with Gasteiger partial charge in [-0.1, -0.05) is 12.1 Å². The van der Waals surface area contributed by atoms with E-state index in [1.165, 1.54) is 12.1 Å². The first-order chi connectivity index (χ1) is 9.29. The topological polar surface area (TPSA) is 46.2 Å². The first kappa shape index (κ1) is 14.4. The fourth-order valence-corrected chi connectivity index (χ4v) is 2.54. The molecule has 0 saturated heterocycles. The van der Waals surface area contributed by atoms with Gasteiger partial charge in [0.2, 0.25) is 0 Å². The number of nitrogens with one attached hydrogen (secondary N) is 1. The number of rotatable bonds is 3. The van der Waals surface area contributed by atoms with E-state index in [4.69, 9.17) is 0 Å². The minimum Gasteiger partial charge on any atom is -0.280 e. The third-order valence-corrected chi connectivity index (χ3v) is 3.85. The second kappa shape index (κ2) is 5.16. The molecule has 0 saturated carbocycles. The molecule has 0 atom stereocenters. The number of anilines is 1. The van der Waals surface area contributed by atoms with E-state index in [0.717, 1.165) is 24.3 Å². The summed E-state index contributed by atoms with van der Waals surface area (Å²) in [6.45, 7) is 0. The zero-order chi connectivity index (χ0) is 14.8. The number of benzene rings is 2. The Labute approximate surface area is 114 Å². The van der Waals surface area contributed by atoms with Gasteiger partial charge in [0.1, 0.15) is 0 Å². The molecule has 0 heterocycles. The summed E-state index contributed by atoms with van der Waals surface area (Å²) in [7, 11) is -3.91. The predicted molar refractivity (Wildman–Crippen MR) is 67.5 cm³/mol. The average Bonchev–Trinajstić information content (AvgIpc) is 2.38. The molecule has 2 aromatic carbocycles. The van der Waals surface area contributed by atoms with Gasteiger partial charge < -0.3 is 0 Å². The highest BCUT2D eigenvalue weighted by molar-refractivity contribution is 7.92. The Morgan fingerprint density at radius 1 is 1.05 bits per heavy atom. The summed E-state index contributed by atoms with van der Waals surface area (Å²) >= 11 is 0. The summed E-state index contributed by atoms with van der Waals surface area (Å²) in [5, 5.41) is 0. The van der Waals surface area contributed by atoms with Gasteiger partial charge in [-0.25, -0.2) is 8.42 Å². The van der Waals surface area contributed by atoms with Gasteiger partial charge in [0.25, 0.3) is 10.0 Å².